The Morgan fingerprint density at radius 3 is 2.61 bits per heavy atom. The van der Waals surface area contributed by atoms with Gasteiger partial charge in [-0.3, -0.25) is 0 Å². The van der Waals surface area contributed by atoms with E-state index in [1.807, 2.05) is 6.92 Å². The van der Waals surface area contributed by atoms with Gasteiger partial charge in [0.05, 0.1) is 19.8 Å². The van der Waals surface area contributed by atoms with Crippen LogP contribution in [-0.2, 0) is 19.0 Å². The van der Waals surface area contributed by atoms with Gasteiger partial charge in [0.15, 0.2) is 12.3 Å². The summed E-state index contributed by atoms with van der Waals surface area (Å²) in [7, 11) is 0. The zero-order valence-corrected chi connectivity index (χ0v) is 12.8. The summed E-state index contributed by atoms with van der Waals surface area (Å²) >= 11 is 0. The smallest absolute Gasteiger partial charge is 0.407 e. The Kier molecular flexibility index (Phi) is 8.20. The quantitative estimate of drug-likeness (QED) is 0.330. The lowest BCUT2D eigenvalue weighted by atomic mass is 10.1. The maximum atomic E-state index is 11.4. The van der Waals surface area contributed by atoms with Crippen LogP contribution in [0.25, 0.3) is 0 Å². The Hall–Kier alpha value is -1.46. The molecule has 0 aromatic heterocycles. The first-order valence-corrected chi connectivity index (χ1v) is 7.30. The number of aliphatic hydroxyl groups is 3. The SMILES string of the molecule is CCCCOC(=O)N[C@@H](CO[C@@H]1OC[C@H](O)[C@H](O)[C@H]1O)C(=O)O. The van der Waals surface area contributed by atoms with Gasteiger partial charge in [0.2, 0.25) is 0 Å². The van der Waals surface area contributed by atoms with Crippen LogP contribution in [0.4, 0.5) is 4.79 Å². The molecule has 1 aliphatic heterocycles. The fourth-order valence-corrected chi connectivity index (χ4v) is 1.78. The van der Waals surface area contributed by atoms with Gasteiger partial charge in [0.1, 0.15) is 18.3 Å². The second-order valence-corrected chi connectivity index (χ2v) is 5.11. The molecule has 5 N–H and O–H groups in total. The lowest BCUT2D eigenvalue weighted by molar-refractivity contribution is -0.271. The summed E-state index contributed by atoms with van der Waals surface area (Å²) in [5, 5.41) is 39.6. The number of carbonyl (C=O) groups is 2. The van der Waals surface area contributed by atoms with Crippen LogP contribution in [0.15, 0.2) is 0 Å². The Morgan fingerprint density at radius 2 is 2.00 bits per heavy atom. The van der Waals surface area contributed by atoms with Crippen LogP contribution in [0.2, 0.25) is 0 Å². The van der Waals surface area contributed by atoms with E-state index in [4.69, 9.17) is 19.3 Å². The molecule has 0 saturated carbocycles. The number of unbranched alkanes of at least 4 members (excludes halogenated alkanes) is 1. The maximum Gasteiger partial charge on any atom is 0.407 e. The number of aliphatic carboxylic acids is 1. The Balaban J connectivity index is 2.44. The van der Waals surface area contributed by atoms with Gasteiger partial charge >= 0.3 is 12.1 Å². The molecule has 10 nitrogen and oxygen atoms in total. The number of rotatable bonds is 8. The summed E-state index contributed by atoms with van der Waals surface area (Å²) in [4.78, 5) is 22.5. The second-order valence-electron chi connectivity index (χ2n) is 5.11. The van der Waals surface area contributed by atoms with Gasteiger partial charge in [-0.1, -0.05) is 13.3 Å². The average molecular weight is 337 g/mol. The largest absolute Gasteiger partial charge is 0.480 e. The van der Waals surface area contributed by atoms with Crippen LogP contribution in [0.5, 0.6) is 0 Å². The van der Waals surface area contributed by atoms with Crippen LogP contribution >= 0.6 is 0 Å². The van der Waals surface area contributed by atoms with E-state index in [0.717, 1.165) is 6.42 Å². The van der Waals surface area contributed by atoms with Crippen molar-refractivity contribution >= 4 is 12.1 Å². The highest BCUT2D eigenvalue weighted by Crippen LogP contribution is 2.16. The average Bonchev–Trinajstić information content (AvgIpc) is 2.50. The molecule has 134 valence electrons. The molecule has 1 amide bonds. The predicted molar refractivity (Wildman–Crippen MR) is 74.5 cm³/mol. The first-order chi connectivity index (χ1) is 10.9. The number of nitrogens with one attached hydrogen (secondary N) is 1. The van der Waals surface area contributed by atoms with Crippen LogP contribution < -0.4 is 5.32 Å². The van der Waals surface area contributed by atoms with Crippen molar-refractivity contribution in [1.29, 1.82) is 0 Å². The summed E-state index contributed by atoms with van der Waals surface area (Å²) in [6.45, 7) is 1.30. The van der Waals surface area contributed by atoms with Gasteiger partial charge in [0.25, 0.3) is 0 Å². The van der Waals surface area contributed by atoms with Gasteiger partial charge in [-0.25, -0.2) is 9.59 Å². The van der Waals surface area contributed by atoms with E-state index in [2.05, 4.69) is 5.32 Å². The zero-order chi connectivity index (χ0) is 17.4. The van der Waals surface area contributed by atoms with E-state index in [1.54, 1.807) is 0 Å². The Labute approximate surface area is 133 Å². The molecule has 5 atom stereocenters. The number of carbonyl (C=O) groups excluding carboxylic acids is 1. The zero-order valence-electron chi connectivity index (χ0n) is 12.8. The minimum absolute atomic E-state index is 0.171. The second kappa shape index (κ2) is 9.63. The van der Waals surface area contributed by atoms with Gasteiger partial charge in [0, 0.05) is 0 Å². The van der Waals surface area contributed by atoms with Crippen LogP contribution in [-0.4, -0.2) is 83.0 Å². The third kappa shape index (κ3) is 6.28. The predicted octanol–water partition coefficient (Wildman–Crippen LogP) is -1.58. The number of hydrogen-bond acceptors (Lipinski definition) is 8. The standard InChI is InChI=1S/C13H23NO9/c1-2-3-4-21-13(20)14-7(11(18)19)5-22-12-10(17)9(16)8(15)6-23-12/h7-10,12,15-17H,2-6H2,1H3,(H,14,20)(H,18,19)/t7-,8-,9-,10+,12+/m0/s1. The van der Waals surface area contributed by atoms with Crippen molar-refractivity contribution in [1.82, 2.24) is 5.32 Å². The normalized spacial score (nSPS) is 28.9. The van der Waals surface area contributed by atoms with Crippen molar-refractivity contribution in [3.8, 4) is 0 Å². The summed E-state index contributed by atoms with van der Waals surface area (Å²) in [6, 6.07) is -1.41. The van der Waals surface area contributed by atoms with E-state index in [0.29, 0.717) is 6.42 Å². The number of carboxylic acid groups (broad SMARTS) is 1. The van der Waals surface area contributed by atoms with Gasteiger partial charge < -0.3 is 40.0 Å². The van der Waals surface area contributed by atoms with E-state index >= 15 is 0 Å². The van der Waals surface area contributed by atoms with Crippen molar-refractivity contribution in [2.24, 2.45) is 0 Å². The van der Waals surface area contributed by atoms with E-state index in [9.17, 15) is 24.9 Å². The van der Waals surface area contributed by atoms with Crippen molar-refractivity contribution in [3.05, 3.63) is 0 Å². The maximum absolute atomic E-state index is 11.4. The molecule has 0 spiro atoms. The van der Waals surface area contributed by atoms with Crippen molar-refractivity contribution in [3.63, 3.8) is 0 Å². The Bertz CT molecular complexity index is 392. The topological polar surface area (TPSA) is 155 Å². The van der Waals surface area contributed by atoms with Crippen LogP contribution in [0.1, 0.15) is 19.8 Å². The van der Waals surface area contributed by atoms with Crippen molar-refractivity contribution in [2.45, 2.75) is 50.4 Å². The summed E-state index contributed by atoms with van der Waals surface area (Å²) in [5.74, 6) is -1.36. The number of carboxylic acids is 1. The van der Waals surface area contributed by atoms with E-state index in [-0.39, 0.29) is 13.2 Å². The number of aliphatic hydroxyl groups excluding tert-OH is 3. The number of hydrogen-bond donors (Lipinski definition) is 5. The lowest BCUT2D eigenvalue weighted by Gasteiger charge is -2.35. The molecule has 1 rings (SSSR count). The van der Waals surface area contributed by atoms with E-state index < -0.39 is 49.3 Å². The monoisotopic (exact) mass is 337 g/mol. The molecule has 23 heavy (non-hydrogen) atoms. The third-order valence-electron chi connectivity index (χ3n) is 3.20. The van der Waals surface area contributed by atoms with Crippen molar-refractivity contribution in [2.75, 3.05) is 19.8 Å². The van der Waals surface area contributed by atoms with E-state index in [1.165, 1.54) is 0 Å². The third-order valence-corrected chi connectivity index (χ3v) is 3.20. The molecule has 1 aliphatic rings. The highest BCUT2D eigenvalue weighted by Gasteiger charge is 2.39. The van der Waals surface area contributed by atoms with Crippen LogP contribution in [0, 0.1) is 0 Å². The van der Waals surface area contributed by atoms with Gasteiger partial charge in [-0.2, -0.15) is 0 Å². The molecule has 1 saturated heterocycles. The highest BCUT2D eigenvalue weighted by atomic mass is 16.7. The molecular weight excluding hydrogens is 314 g/mol. The lowest BCUT2D eigenvalue weighted by Crippen LogP contribution is -2.55. The van der Waals surface area contributed by atoms with Gasteiger partial charge in [-0.15, -0.1) is 0 Å². The molecule has 1 fully saturated rings. The Morgan fingerprint density at radius 1 is 1.30 bits per heavy atom. The molecule has 10 heteroatoms. The first kappa shape index (κ1) is 19.6. The molecule has 0 bridgehead atoms. The number of amides is 1. The number of ether oxygens (including phenoxy) is 3. The minimum atomic E-state index is -1.54. The first-order valence-electron chi connectivity index (χ1n) is 7.30. The summed E-state index contributed by atoms with van der Waals surface area (Å²) in [5.41, 5.74) is 0. The summed E-state index contributed by atoms with van der Waals surface area (Å²) in [6.07, 6.45) is -4.99. The molecule has 0 unspecified atom stereocenters. The van der Waals surface area contributed by atoms with Gasteiger partial charge in [-0.05, 0) is 6.42 Å². The van der Waals surface area contributed by atoms with Crippen LogP contribution in [0.3, 0.4) is 0 Å². The molecular formula is C13H23NO9. The molecule has 0 aromatic rings. The highest BCUT2D eigenvalue weighted by molar-refractivity contribution is 5.79. The molecule has 0 aliphatic carbocycles. The summed E-state index contributed by atoms with van der Waals surface area (Å²) < 4.78 is 14.8. The molecule has 1 heterocycles. The van der Waals surface area contributed by atoms with Crippen molar-refractivity contribution < 1.29 is 44.2 Å². The molecule has 0 radical (unpaired) electrons. The minimum Gasteiger partial charge on any atom is -0.480 e. The fraction of sp³-hybridized carbons (Fsp3) is 0.846. The molecule has 0 aromatic carbocycles. The number of alkyl carbamates (subject to hydrolysis) is 1. The fourth-order valence-electron chi connectivity index (χ4n) is 1.78.